The molecule has 6 heteroatoms. The molecule has 0 aromatic heterocycles. The molecule has 1 aromatic carbocycles. The van der Waals surface area contributed by atoms with E-state index < -0.39 is 17.2 Å². The molecule has 74 valence electrons. The fourth-order valence-corrected chi connectivity index (χ4v) is 0.895. The van der Waals surface area contributed by atoms with Gasteiger partial charge in [-0.2, -0.15) is 0 Å². The lowest BCUT2D eigenvalue weighted by atomic mass is 10.1. The minimum atomic E-state index is -1.62. The zero-order chi connectivity index (χ0) is 10.6. The molecule has 0 aliphatic rings. The molecule has 0 fully saturated rings. The van der Waals surface area contributed by atoms with Crippen LogP contribution < -0.4 is 0 Å². The maximum atomic E-state index is 10.8. The number of carbonyl (C=O) groups is 1. The summed E-state index contributed by atoms with van der Waals surface area (Å²) in [5.74, 6) is -1.30. The summed E-state index contributed by atoms with van der Waals surface area (Å²) in [5.41, 5.74) is 0.249. The van der Waals surface area contributed by atoms with Crippen LogP contribution in [0.5, 0.6) is 0 Å². The number of hydrogen-bond acceptors (Lipinski definition) is 5. The molecule has 1 atom stereocenters. The van der Waals surface area contributed by atoms with Gasteiger partial charge in [0.15, 0.2) is 6.10 Å². The minimum Gasteiger partial charge on any atom is -0.378 e. The Labute approximate surface area is 78.8 Å². The monoisotopic (exact) mass is 197 g/mol. The first-order chi connectivity index (χ1) is 6.61. The molecule has 1 N–H and O–H groups in total. The topological polar surface area (TPSA) is 89.7 Å². The highest BCUT2D eigenvalue weighted by Crippen LogP contribution is 2.13. The molecule has 0 spiro atoms. The van der Waals surface area contributed by atoms with E-state index in [4.69, 9.17) is 0 Å². The van der Waals surface area contributed by atoms with Crippen molar-refractivity contribution in [2.45, 2.75) is 6.10 Å². The van der Waals surface area contributed by atoms with Gasteiger partial charge in [0.1, 0.15) is 0 Å². The van der Waals surface area contributed by atoms with Crippen LogP contribution in [0.15, 0.2) is 30.3 Å². The Kier molecular flexibility index (Phi) is 3.14. The summed E-state index contributed by atoms with van der Waals surface area (Å²) in [4.78, 5) is 24.2. The summed E-state index contributed by atoms with van der Waals surface area (Å²) < 4.78 is 0. The summed E-state index contributed by atoms with van der Waals surface area (Å²) in [5, 5.41) is 17.8. The molecule has 0 heterocycles. The molecule has 1 unspecified atom stereocenters. The van der Waals surface area contributed by atoms with Crippen molar-refractivity contribution in [3.63, 3.8) is 0 Å². The van der Waals surface area contributed by atoms with E-state index in [0.29, 0.717) is 0 Å². The predicted molar refractivity (Wildman–Crippen MR) is 44.5 cm³/mol. The van der Waals surface area contributed by atoms with Gasteiger partial charge in [0.2, 0.25) is 0 Å². The van der Waals surface area contributed by atoms with Crippen LogP contribution in [0.2, 0.25) is 0 Å². The molecule has 0 aliphatic carbocycles. The van der Waals surface area contributed by atoms with Gasteiger partial charge in [0, 0.05) is 0 Å². The zero-order valence-corrected chi connectivity index (χ0v) is 6.99. The Morgan fingerprint density at radius 3 is 2.50 bits per heavy atom. The number of rotatable bonds is 3. The first-order valence-corrected chi connectivity index (χ1v) is 3.70. The summed E-state index contributed by atoms with van der Waals surface area (Å²) in [6.07, 6.45) is -1.62. The molecule has 0 radical (unpaired) electrons. The SMILES string of the molecule is O=C(O[N+](=O)[O-])C(O)c1ccccc1. The second-order valence-corrected chi connectivity index (χ2v) is 2.45. The highest BCUT2D eigenvalue weighted by Gasteiger charge is 2.20. The molecule has 0 amide bonds. The molecule has 6 nitrogen and oxygen atoms in total. The third-order valence-corrected chi connectivity index (χ3v) is 1.50. The van der Waals surface area contributed by atoms with Gasteiger partial charge in [-0.1, -0.05) is 30.3 Å². The van der Waals surface area contributed by atoms with E-state index in [9.17, 15) is 20.0 Å². The summed E-state index contributed by atoms with van der Waals surface area (Å²) in [7, 11) is 0. The van der Waals surface area contributed by atoms with E-state index in [1.54, 1.807) is 18.2 Å². The van der Waals surface area contributed by atoms with Crippen LogP contribution in [0.3, 0.4) is 0 Å². The molecule has 14 heavy (non-hydrogen) atoms. The highest BCUT2D eigenvalue weighted by molar-refractivity contribution is 5.75. The molecule has 1 aromatic rings. The number of benzene rings is 1. The van der Waals surface area contributed by atoms with Crippen molar-refractivity contribution in [2.24, 2.45) is 0 Å². The number of hydrogen-bond donors (Lipinski definition) is 1. The van der Waals surface area contributed by atoms with E-state index >= 15 is 0 Å². The third-order valence-electron chi connectivity index (χ3n) is 1.50. The maximum absolute atomic E-state index is 10.8. The standard InChI is InChI=1S/C8H7NO5/c10-7(8(11)14-9(12)13)6-4-2-1-3-5-6/h1-5,7,10H. The third kappa shape index (κ3) is 2.53. The number of aliphatic hydroxyl groups excluding tert-OH is 1. The lowest BCUT2D eigenvalue weighted by Gasteiger charge is -2.06. The Morgan fingerprint density at radius 2 is 2.00 bits per heavy atom. The normalized spacial score (nSPS) is 11.8. The van der Waals surface area contributed by atoms with Crippen molar-refractivity contribution in [1.82, 2.24) is 0 Å². The van der Waals surface area contributed by atoms with Gasteiger partial charge in [0.25, 0.3) is 0 Å². The second-order valence-electron chi connectivity index (χ2n) is 2.45. The molecular weight excluding hydrogens is 190 g/mol. The van der Waals surface area contributed by atoms with Gasteiger partial charge in [-0.3, -0.25) is 4.79 Å². The van der Waals surface area contributed by atoms with Gasteiger partial charge in [-0.15, -0.1) is 10.1 Å². The van der Waals surface area contributed by atoms with Crippen molar-refractivity contribution in [3.05, 3.63) is 46.0 Å². The molecule has 0 bridgehead atoms. The summed E-state index contributed by atoms with van der Waals surface area (Å²) in [6.45, 7) is 0. The van der Waals surface area contributed by atoms with Crippen LogP contribution in [-0.2, 0) is 9.63 Å². The molecule has 0 saturated heterocycles. The smallest absolute Gasteiger partial charge is 0.336 e. The van der Waals surface area contributed by atoms with Gasteiger partial charge in [0.05, 0.1) is 0 Å². The lowest BCUT2D eigenvalue weighted by molar-refractivity contribution is -0.730. The van der Waals surface area contributed by atoms with Crippen molar-refractivity contribution in [2.75, 3.05) is 0 Å². The zero-order valence-electron chi connectivity index (χ0n) is 6.99. The number of aliphatic hydroxyl groups is 1. The largest absolute Gasteiger partial charge is 0.378 e. The summed E-state index contributed by atoms with van der Waals surface area (Å²) >= 11 is 0. The first kappa shape index (κ1) is 10.1. The van der Waals surface area contributed by atoms with Crippen LogP contribution in [-0.4, -0.2) is 16.2 Å². The quantitative estimate of drug-likeness (QED) is 0.561. The molecular formula is C8H7NO5. The Hall–Kier alpha value is -1.95. The average molecular weight is 197 g/mol. The Morgan fingerprint density at radius 1 is 1.43 bits per heavy atom. The average Bonchev–Trinajstić information content (AvgIpc) is 2.17. The van der Waals surface area contributed by atoms with Crippen LogP contribution in [0.25, 0.3) is 0 Å². The maximum Gasteiger partial charge on any atom is 0.336 e. The van der Waals surface area contributed by atoms with Crippen molar-refractivity contribution < 1.29 is 19.8 Å². The highest BCUT2D eigenvalue weighted by atomic mass is 17.0. The fourth-order valence-electron chi connectivity index (χ4n) is 0.895. The van der Waals surface area contributed by atoms with Gasteiger partial charge < -0.3 is 5.11 Å². The van der Waals surface area contributed by atoms with Crippen molar-refractivity contribution in [1.29, 1.82) is 0 Å². The van der Waals surface area contributed by atoms with E-state index in [1.807, 2.05) is 0 Å². The predicted octanol–water partition coefficient (Wildman–Crippen LogP) is 0.455. The van der Waals surface area contributed by atoms with Crippen LogP contribution in [0.4, 0.5) is 0 Å². The van der Waals surface area contributed by atoms with Crippen LogP contribution >= 0.6 is 0 Å². The molecule has 1 rings (SSSR count). The number of nitrogens with zero attached hydrogens (tertiary/aromatic N) is 1. The van der Waals surface area contributed by atoms with Crippen molar-refractivity contribution in [3.8, 4) is 0 Å². The van der Waals surface area contributed by atoms with E-state index in [0.717, 1.165) is 0 Å². The minimum absolute atomic E-state index is 0.249. The van der Waals surface area contributed by atoms with E-state index in [1.165, 1.54) is 12.1 Å². The molecule has 0 saturated carbocycles. The van der Waals surface area contributed by atoms with Crippen LogP contribution in [0, 0.1) is 10.1 Å². The van der Waals surface area contributed by atoms with E-state index in [-0.39, 0.29) is 5.56 Å². The lowest BCUT2D eigenvalue weighted by Crippen LogP contribution is -2.18. The molecule has 0 aliphatic heterocycles. The fraction of sp³-hybridized carbons (Fsp3) is 0.125. The van der Waals surface area contributed by atoms with Crippen molar-refractivity contribution >= 4 is 5.97 Å². The van der Waals surface area contributed by atoms with Gasteiger partial charge >= 0.3 is 11.1 Å². The second kappa shape index (κ2) is 4.33. The van der Waals surface area contributed by atoms with Gasteiger partial charge in [-0.05, 0) is 5.56 Å². The Bertz CT molecular complexity index is 337. The summed E-state index contributed by atoms with van der Waals surface area (Å²) in [6, 6.07) is 7.81. The van der Waals surface area contributed by atoms with Crippen LogP contribution in [0.1, 0.15) is 11.7 Å². The number of carbonyl (C=O) groups excluding carboxylic acids is 1. The van der Waals surface area contributed by atoms with Gasteiger partial charge in [-0.25, -0.2) is 4.84 Å². The first-order valence-electron chi connectivity index (χ1n) is 3.70. The Balaban J connectivity index is 2.71. The van der Waals surface area contributed by atoms with E-state index in [2.05, 4.69) is 4.84 Å².